The Morgan fingerprint density at radius 3 is 2.44 bits per heavy atom. The minimum Gasteiger partial charge on any atom is -0.507 e. The van der Waals surface area contributed by atoms with Crippen LogP contribution in [0.3, 0.4) is 0 Å². The van der Waals surface area contributed by atoms with E-state index in [1.165, 1.54) is 0 Å². The maximum absolute atomic E-state index is 13.2. The zero-order valence-electron chi connectivity index (χ0n) is 19.3. The second-order valence-electron chi connectivity index (χ2n) is 7.84. The molecule has 1 saturated heterocycles. The Kier molecular flexibility index (Phi) is 7.70. The van der Waals surface area contributed by atoms with Crippen LogP contribution in [0, 0.1) is 6.92 Å². The molecule has 0 aromatic heterocycles. The third-order valence-corrected chi connectivity index (χ3v) is 5.99. The predicted molar refractivity (Wildman–Crippen MR) is 126 cm³/mol. The van der Waals surface area contributed by atoms with Gasteiger partial charge in [0, 0.05) is 18.7 Å². The molecule has 6 nitrogen and oxygen atoms in total. The first-order valence-corrected chi connectivity index (χ1v) is 11.2. The number of ether oxygens (including phenoxy) is 1. The van der Waals surface area contributed by atoms with Crippen LogP contribution in [-0.4, -0.2) is 59.4 Å². The van der Waals surface area contributed by atoms with Crippen molar-refractivity contribution in [2.24, 2.45) is 0 Å². The lowest BCUT2D eigenvalue weighted by molar-refractivity contribution is -0.140. The van der Waals surface area contributed by atoms with E-state index in [4.69, 9.17) is 4.74 Å². The molecule has 170 valence electrons. The first-order chi connectivity index (χ1) is 15.4. The highest BCUT2D eigenvalue weighted by molar-refractivity contribution is 6.46. The van der Waals surface area contributed by atoms with Crippen LogP contribution in [0.25, 0.3) is 5.76 Å². The van der Waals surface area contributed by atoms with Gasteiger partial charge < -0.3 is 19.6 Å². The van der Waals surface area contributed by atoms with Gasteiger partial charge in [-0.3, -0.25) is 9.59 Å². The first kappa shape index (κ1) is 23.5. The van der Waals surface area contributed by atoms with E-state index in [1.54, 1.807) is 29.2 Å². The van der Waals surface area contributed by atoms with Crippen molar-refractivity contribution in [3.8, 4) is 5.75 Å². The molecule has 0 spiro atoms. The third kappa shape index (κ3) is 4.70. The Balaban J connectivity index is 2.11. The van der Waals surface area contributed by atoms with E-state index in [0.717, 1.165) is 24.2 Å². The Labute approximate surface area is 190 Å². The molecule has 1 amide bonds. The van der Waals surface area contributed by atoms with Gasteiger partial charge in [-0.25, -0.2) is 0 Å². The molecule has 0 aliphatic carbocycles. The Bertz CT molecular complexity index is 1010. The number of likely N-dealkylation sites (N-methyl/N-ethyl adjacent to an activating group) is 1. The Morgan fingerprint density at radius 1 is 1.06 bits per heavy atom. The standard InChI is InChI=1S/C26H32N2O4/c1-5-27(6-2)15-16-28-23(21-14-9-8-11-18(21)4)22(25(30)26(28)31)24(29)19-12-10-13-20(17-19)32-7-3/h8-14,17,23,29H,5-7,15-16H2,1-4H3/b24-22+. The monoisotopic (exact) mass is 436 g/mol. The van der Waals surface area contributed by atoms with Crippen molar-refractivity contribution in [1.82, 2.24) is 9.80 Å². The Hall–Kier alpha value is -3.12. The van der Waals surface area contributed by atoms with Crippen molar-refractivity contribution in [1.29, 1.82) is 0 Å². The van der Waals surface area contributed by atoms with E-state index < -0.39 is 17.7 Å². The summed E-state index contributed by atoms with van der Waals surface area (Å²) in [5, 5.41) is 11.2. The predicted octanol–water partition coefficient (Wildman–Crippen LogP) is 4.16. The number of carbonyl (C=O) groups is 2. The maximum atomic E-state index is 13.2. The van der Waals surface area contributed by atoms with Gasteiger partial charge in [-0.2, -0.15) is 0 Å². The molecule has 1 aliphatic rings. The fourth-order valence-electron chi connectivity index (χ4n) is 4.17. The van der Waals surface area contributed by atoms with Crippen LogP contribution < -0.4 is 4.74 Å². The van der Waals surface area contributed by atoms with E-state index in [1.807, 2.05) is 38.1 Å². The van der Waals surface area contributed by atoms with Gasteiger partial charge >= 0.3 is 0 Å². The number of likely N-dealkylation sites (tertiary alicyclic amines) is 1. The number of aryl methyl sites for hydroxylation is 1. The van der Waals surface area contributed by atoms with Gasteiger partial charge in [-0.1, -0.05) is 50.2 Å². The number of ketones is 1. The largest absolute Gasteiger partial charge is 0.507 e. The van der Waals surface area contributed by atoms with Crippen molar-refractivity contribution < 1.29 is 19.4 Å². The molecule has 1 unspecified atom stereocenters. The molecule has 1 N–H and O–H groups in total. The van der Waals surface area contributed by atoms with Crippen molar-refractivity contribution in [3.63, 3.8) is 0 Å². The van der Waals surface area contributed by atoms with E-state index in [2.05, 4.69) is 18.7 Å². The van der Waals surface area contributed by atoms with Crippen molar-refractivity contribution >= 4 is 17.4 Å². The molecule has 2 aromatic carbocycles. The summed E-state index contributed by atoms with van der Waals surface area (Å²) in [6, 6.07) is 14.0. The summed E-state index contributed by atoms with van der Waals surface area (Å²) in [5.41, 5.74) is 2.38. The summed E-state index contributed by atoms with van der Waals surface area (Å²) in [5.74, 6) is -0.812. The number of amides is 1. The second-order valence-corrected chi connectivity index (χ2v) is 7.84. The second kappa shape index (κ2) is 10.5. The molecule has 0 bridgehead atoms. The van der Waals surface area contributed by atoms with E-state index in [0.29, 0.717) is 31.0 Å². The summed E-state index contributed by atoms with van der Waals surface area (Å²) < 4.78 is 5.55. The van der Waals surface area contributed by atoms with Crippen LogP contribution in [0.4, 0.5) is 0 Å². The number of aliphatic hydroxyl groups is 1. The molecular formula is C26H32N2O4. The van der Waals surface area contributed by atoms with Gasteiger partial charge in [-0.15, -0.1) is 0 Å². The summed E-state index contributed by atoms with van der Waals surface area (Å²) >= 11 is 0. The fourth-order valence-corrected chi connectivity index (χ4v) is 4.17. The average molecular weight is 437 g/mol. The number of rotatable bonds is 9. The zero-order valence-corrected chi connectivity index (χ0v) is 19.3. The molecule has 0 radical (unpaired) electrons. The Morgan fingerprint density at radius 2 is 1.78 bits per heavy atom. The van der Waals surface area contributed by atoms with Crippen LogP contribution in [0.1, 0.15) is 43.5 Å². The van der Waals surface area contributed by atoms with Crippen LogP contribution in [0.5, 0.6) is 5.75 Å². The van der Waals surface area contributed by atoms with Gasteiger partial charge in [0.05, 0.1) is 18.2 Å². The normalized spacial score (nSPS) is 17.9. The van der Waals surface area contributed by atoms with E-state index in [9.17, 15) is 14.7 Å². The summed E-state index contributed by atoms with van der Waals surface area (Å²) in [4.78, 5) is 30.1. The van der Waals surface area contributed by atoms with E-state index >= 15 is 0 Å². The lowest BCUT2D eigenvalue weighted by Crippen LogP contribution is -2.38. The minimum absolute atomic E-state index is 0.123. The number of nitrogens with zero attached hydrogens (tertiary/aromatic N) is 2. The molecule has 32 heavy (non-hydrogen) atoms. The van der Waals surface area contributed by atoms with Crippen LogP contribution >= 0.6 is 0 Å². The molecule has 1 atom stereocenters. The first-order valence-electron chi connectivity index (χ1n) is 11.2. The van der Waals surface area contributed by atoms with Gasteiger partial charge in [0.15, 0.2) is 0 Å². The number of hydrogen-bond acceptors (Lipinski definition) is 5. The number of hydrogen-bond donors (Lipinski definition) is 1. The number of aliphatic hydroxyl groups excluding tert-OH is 1. The lowest BCUT2D eigenvalue weighted by atomic mass is 9.92. The fraction of sp³-hybridized carbons (Fsp3) is 0.385. The average Bonchev–Trinajstić information content (AvgIpc) is 3.05. The van der Waals surface area contributed by atoms with Crippen molar-refractivity contribution in [2.75, 3.05) is 32.8 Å². The molecule has 3 rings (SSSR count). The van der Waals surface area contributed by atoms with Crippen LogP contribution in [-0.2, 0) is 9.59 Å². The highest BCUT2D eigenvalue weighted by Crippen LogP contribution is 2.40. The molecule has 1 aliphatic heterocycles. The van der Waals surface area contributed by atoms with Crippen LogP contribution in [0.2, 0.25) is 0 Å². The number of benzene rings is 2. The highest BCUT2D eigenvalue weighted by atomic mass is 16.5. The lowest BCUT2D eigenvalue weighted by Gasteiger charge is -2.29. The number of Topliss-reactive ketones (excluding diaryl/α,β-unsaturated/α-hetero) is 1. The van der Waals surface area contributed by atoms with Gasteiger partial charge in [-0.05, 0) is 50.2 Å². The maximum Gasteiger partial charge on any atom is 0.295 e. The highest BCUT2D eigenvalue weighted by Gasteiger charge is 2.46. The topological polar surface area (TPSA) is 70.1 Å². The van der Waals surface area contributed by atoms with Crippen molar-refractivity contribution in [2.45, 2.75) is 33.7 Å². The quantitative estimate of drug-likeness (QED) is 0.363. The smallest absolute Gasteiger partial charge is 0.295 e. The minimum atomic E-state index is -0.655. The summed E-state index contributed by atoms with van der Waals surface area (Å²) in [6.07, 6.45) is 0. The zero-order chi connectivity index (χ0) is 23.3. The van der Waals surface area contributed by atoms with Crippen molar-refractivity contribution in [3.05, 3.63) is 70.8 Å². The van der Waals surface area contributed by atoms with Gasteiger partial charge in [0.1, 0.15) is 11.5 Å². The van der Waals surface area contributed by atoms with Gasteiger partial charge in [0.25, 0.3) is 11.7 Å². The molecule has 1 fully saturated rings. The van der Waals surface area contributed by atoms with Gasteiger partial charge in [0.2, 0.25) is 0 Å². The third-order valence-electron chi connectivity index (χ3n) is 5.99. The summed E-state index contributed by atoms with van der Waals surface area (Å²) in [6.45, 7) is 11.2. The molecule has 0 saturated carbocycles. The number of carbonyl (C=O) groups excluding carboxylic acids is 2. The molecule has 2 aromatic rings. The molecule has 1 heterocycles. The van der Waals surface area contributed by atoms with E-state index in [-0.39, 0.29) is 11.3 Å². The summed E-state index contributed by atoms with van der Waals surface area (Å²) in [7, 11) is 0. The molecule has 6 heteroatoms. The SMILES string of the molecule is CCOc1cccc(/C(O)=C2\C(=O)C(=O)N(CCN(CC)CC)C2c2ccccc2C)c1. The van der Waals surface area contributed by atoms with Crippen LogP contribution in [0.15, 0.2) is 54.1 Å². The molecular weight excluding hydrogens is 404 g/mol.